The van der Waals surface area contributed by atoms with Gasteiger partial charge in [0.2, 0.25) is 0 Å². The first-order valence-electron chi connectivity index (χ1n) is 10.1. The first kappa shape index (κ1) is 21.6. The zero-order chi connectivity index (χ0) is 22.2. The van der Waals surface area contributed by atoms with Gasteiger partial charge >= 0.3 is 0 Å². The van der Waals surface area contributed by atoms with Gasteiger partial charge in [0.15, 0.2) is 11.5 Å². The van der Waals surface area contributed by atoms with Crippen molar-refractivity contribution in [1.29, 1.82) is 0 Å². The molecule has 1 heterocycles. The van der Waals surface area contributed by atoms with Gasteiger partial charge in [-0.2, -0.15) is 0 Å². The standard InChI is InChI=1S/C25H29NO4/c1-15(2)22(27)20-21(18-9-7-8-10-19(18)30-6)26(24(29)23(20)28)17-13-11-16(12-14-17)25(3,4)5/h7-15,21,28H,1-6H3. The van der Waals surface area contributed by atoms with Crippen molar-refractivity contribution in [3.8, 4) is 5.75 Å². The zero-order valence-electron chi connectivity index (χ0n) is 18.4. The van der Waals surface area contributed by atoms with Crippen LogP contribution < -0.4 is 9.64 Å². The van der Waals surface area contributed by atoms with E-state index in [1.165, 1.54) is 4.90 Å². The maximum Gasteiger partial charge on any atom is 0.294 e. The summed E-state index contributed by atoms with van der Waals surface area (Å²) in [6.07, 6.45) is 0. The molecule has 30 heavy (non-hydrogen) atoms. The van der Waals surface area contributed by atoms with E-state index in [1.807, 2.05) is 42.5 Å². The van der Waals surface area contributed by atoms with Gasteiger partial charge in [-0.25, -0.2) is 0 Å². The summed E-state index contributed by atoms with van der Waals surface area (Å²) in [5, 5.41) is 10.7. The average molecular weight is 408 g/mol. The number of amides is 1. The lowest BCUT2D eigenvalue weighted by Crippen LogP contribution is -2.31. The van der Waals surface area contributed by atoms with Gasteiger partial charge in [0.25, 0.3) is 5.91 Å². The zero-order valence-corrected chi connectivity index (χ0v) is 18.4. The van der Waals surface area contributed by atoms with Crippen LogP contribution in [-0.4, -0.2) is 23.9 Å². The number of methoxy groups -OCH3 is 1. The molecule has 0 saturated carbocycles. The number of aliphatic hydroxyl groups is 1. The summed E-state index contributed by atoms with van der Waals surface area (Å²) < 4.78 is 5.51. The number of ether oxygens (including phenoxy) is 1. The Hall–Kier alpha value is -3.08. The summed E-state index contributed by atoms with van der Waals surface area (Å²) in [7, 11) is 1.55. The molecule has 0 spiro atoms. The highest BCUT2D eigenvalue weighted by atomic mass is 16.5. The fraction of sp³-hybridized carbons (Fsp3) is 0.360. The number of hydrogen-bond donors (Lipinski definition) is 1. The molecule has 1 unspecified atom stereocenters. The number of rotatable bonds is 5. The molecule has 1 amide bonds. The Kier molecular flexibility index (Phi) is 5.75. The number of para-hydroxylation sites is 1. The summed E-state index contributed by atoms with van der Waals surface area (Å²) in [5.41, 5.74) is 2.47. The molecule has 2 aromatic rings. The van der Waals surface area contributed by atoms with E-state index >= 15 is 0 Å². The number of hydrogen-bond acceptors (Lipinski definition) is 4. The molecule has 3 rings (SSSR count). The van der Waals surface area contributed by atoms with Crippen molar-refractivity contribution in [3.05, 3.63) is 71.0 Å². The predicted molar refractivity (Wildman–Crippen MR) is 118 cm³/mol. The van der Waals surface area contributed by atoms with Crippen LogP contribution in [0.25, 0.3) is 0 Å². The second kappa shape index (κ2) is 7.98. The van der Waals surface area contributed by atoms with Gasteiger partial charge in [0, 0.05) is 17.2 Å². The summed E-state index contributed by atoms with van der Waals surface area (Å²) in [6, 6.07) is 14.2. The van der Waals surface area contributed by atoms with E-state index in [-0.39, 0.29) is 22.7 Å². The number of Topliss-reactive ketones (excluding diaryl/α,β-unsaturated/α-hetero) is 1. The van der Waals surface area contributed by atoms with Crippen molar-refractivity contribution in [1.82, 2.24) is 0 Å². The lowest BCUT2D eigenvalue weighted by molar-refractivity contribution is -0.119. The third-order valence-corrected chi connectivity index (χ3v) is 5.44. The number of ketones is 1. The third kappa shape index (κ3) is 3.72. The van der Waals surface area contributed by atoms with Crippen LogP contribution in [0.2, 0.25) is 0 Å². The number of aliphatic hydroxyl groups excluding tert-OH is 1. The van der Waals surface area contributed by atoms with E-state index < -0.39 is 17.7 Å². The summed E-state index contributed by atoms with van der Waals surface area (Å²) in [4.78, 5) is 27.6. The van der Waals surface area contributed by atoms with Gasteiger partial charge in [0.05, 0.1) is 18.7 Å². The number of nitrogens with zero attached hydrogens (tertiary/aromatic N) is 1. The van der Waals surface area contributed by atoms with Crippen molar-refractivity contribution < 1.29 is 19.4 Å². The predicted octanol–water partition coefficient (Wildman–Crippen LogP) is 5.12. The van der Waals surface area contributed by atoms with E-state index in [2.05, 4.69) is 20.8 Å². The molecule has 158 valence electrons. The Labute approximate surface area is 178 Å². The van der Waals surface area contributed by atoms with E-state index in [4.69, 9.17) is 4.74 Å². The minimum atomic E-state index is -0.760. The second-order valence-electron chi connectivity index (χ2n) is 8.90. The molecule has 0 bridgehead atoms. The highest BCUT2D eigenvalue weighted by Crippen LogP contribution is 2.44. The quantitative estimate of drug-likeness (QED) is 0.747. The fourth-order valence-corrected chi connectivity index (χ4v) is 3.74. The molecule has 1 aliphatic heterocycles. The highest BCUT2D eigenvalue weighted by molar-refractivity contribution is 6.17. The number of benzene rings is 2. The van der Waals surface area contributed by atoms with Crippen LogP contribution in [0, 0.1) is 5.92 Å². The molecule has 0 fully saturated rings. The smallest absolute Gasteiger partial charge is 0.294 e. The molecule has 0 aromatic heterocycles. The monoisotopic (exact) mass is 407 g/mol. The molecular formula is C25H29NO4. The molecule has 5 heteroatoms. The Morgan fingerprint density at radius 3 is 2.20 bits per heavy atom. The molecule has 5 nitrogen and oxygen atoms in total. The van der Waals surface area contributed by atoms with Gasteiger partial charge in [-0.05, 0) is 29.2 Å². The second-order valence-corrected chi connectivity index (χ2v) is 8.90. The Morgan fingerprint density at radius 2 is 1.67 bits per heavy atom. The molecule has 0 saturated heterocycles. The minimum absolute atomic E-state index is 0.0330. The molecular weight excluding hydrogens is 378 g/mol. The van der Waals surface area contributed by atoms with E-state index in [0.717, 1.165) is 5.56 Å². The van der Waals surface area contributed by atoms with Gasteiger partial charge in [0.1, 0.15) is 5.75 Å². The van der Waals surface area contributed by atoms with Crippen molar-refractivity contribution in [2.45, 2.75) is 46.1 Å². The minimum Gasteiger partial charge on any atom is -0.503 e. The molecule has 0 aliphatic carbocycles. The Bertz CT molecular complexity index is 997. The summed E-state index contributed by atoms with van der Waals surface area (Å²) in [6.45, 7) is 9.87. The number of anilines is 1. The third-order valence-electron chi connectivity index (χ3n) is 5.44. The Morgan fingerprint density at radius 1 is 1.07 bits per heavy atom. The van der Waals surface area contributed by atoms with Gasteiger partial charge in [-0.15, -0.1) is 0 Å². The SMILES string of the molecule is COc1ccccc1C1C(C(=O)C(C)C)=C(O)C(=O)N1c1ccc(C(C)(C)C)cc1. The van der Waals surface area contributed by atoms with Crippen LogP contribution in [0.5, 0.6) is 5.75 Å². The first-order chi connectivity index (χ1) is 14.1. The van der Waals surface area contributed by atoms with Gasteiger partial charge in [-0.1, -0.05) is 65.0 Å². The molecule has 1 N–H and O–H groups in total. The van der Waals surface area contributed by atoms with E-state index in [9.17, 15) is 14.7 Å². The Balaban J connectivity index is 2.19. The van der Waals surface area contributed by atoms with Crippen LogP contribution in [-0.2, 0) is 15.0 Å². The van der Waals surface area contributed by atoms with Crippen molar-refractivity contribution in [2.75, 3.05) is 12.0 Å². The highest BCUT2D eigenvalue weighted by Gasteiger charge is 2.45. The summed E-state index contributed by atoms with van der Waals surface area (Å²) >= 11 is 0. The maximum absolute atomic E-state index is 13.1. The van der Waals surface area contributed by atoms with Crippen LogP contribution in [0.3, 0.4) is 0 Å². The maximum atomic E-state index is 13.1. The molecule has 1 atom stereocenters. The van der Waals surface area contributed by atoms with E-state index in [1.54, 1.807) is 27.0 Å². The fourth-order valence-electron chi connectivity index (χ4n) is 3.74. The van der Waals surface area contributed by atoms with Gasteiger partial charge in [-0.3, -0.25) is 14.5 Å². The van der Waals surface area contributed by atoms with Crippen LogP contribution in [0.15, 0.2) is 59.9 Å². The van der Waals surface area contributed by atoms with Crippen LogP contribution >= 0.6 is 0 Å². The van der Waals surface area contributed by atoms with Crippen molar-refractivity contribution >= 4 is 17.4 Å². The van der Waals surface area contributed by atoms with Crippen LogP contribution in [0.1, 0.15) is 51.8 Å². The lowest BCUT2D eigenvalue weighted by atomic mass is 9.87. The number of carbonyl (C=O) groups is 2. The molecule has 1 aliphatic rings. The van der Waals surface area contributed by atoms with Crippen molar-refractivity contribution in [2.24, 2.45) is 5.92 Å². The topological polar surface area (TPSA) is 66.8 Å². The van der Waals surface area contributed by atoms with E-state index in [0.29, 0.717) is 17.0 Å². The molecule has 0 radical (unpaired) electrons. The lowest BCUT2D eigenvalue weighted by Gasteiger charge is -2.29. The first-order valence-corrected chi connectivity index (χ1v) is 10.1. The number of carbonyl (C=O) groups excluding carboxylic acids is 2. The normalized spacial score (nSPS) is 17.1. The molecule has 2 aromatic carbocycles. The largest absolute Gasteiger partial charge is 0.503 e. The average Bonchev–Trinajstić information content (AvgIpc) is 2.97. The van der Waals surface area contributed by atoms with Gasteiger partial charge < -0.3 is 9.84 Å². The summed E-state index contributed by atoms with van der Waals surface area (Å²) in [5.74, 6) is -1.15. The van der Waals surface area contributed by atoms with Crippen LogP contribution in [0.4, 0.5) is 5.69 Å². The van der Waals surface area contributed by atoms with Crippen molar-refractivity contribution in [3.63, 3.8) is 0 Å².